The topological polar surface area (TPSA) is 149 Å². The summed E-state index contributed by atoms with van der Waals surface area (Å²) in [6.07, 6.45) is 1.96. The number of Topliss-reactive ketones (excluding diaryl/α,β-unsaturated/α-hetero) is 2. The molecule has 1 aromatic heterocycles. The Labute approximate surface area is 234 Å². The van der Waals surface area contributed by atoms with Crippen molar-refractivity contribution in [3.8, 4) is 0 Å². The van der Waals surface area contributed by atoms with Gasteiger partial charge in [-0.05, 0) is 23.8 Å². The van der Waals surface area contributed by atoms with Crippen LogP contribution in [0.5, 0.6) is 0 Å². The van der Waals surface area contributed by atoms with Gasteiger partial charge in [0.15, 0.2) is 5.78 Å². The van der Waals surface area contributed by atoms with Crippen LogP contribution in [0.4, 0.5) is 0 Å². The second-order valence-corrected chi connectivity index (χ2v) is 11.0. The normalized spacial score (nSPS) is 17.2. The summed E-state index contributed by atoms with van der Waals surface area (Å²) in [6.45, 7) is 7.82. The first-order valence-electron chi connectivity index (χ1n) is 13.8. The summed E-state index contributed by atoms with van der Waals surface area (Å²) in [7, 11) is 0. The predicted octanol–water partition coefficient (Wildman–Crippen LogP) is 2.03. The number of nitrogens with zero attached hydrogens (tertiary/aromatic N) is 3. The van der Waals surface area contributed by atoms with E-state index in [1.807, 2.05) is 58.0 Å². The SMILES string of the molecule is CC(C)CC(NC(=O)C(CC(=O)OCc1ccccc1)C(C)C)C(=O)CC1Cn2ncc(n2)CCNC(=O)C1=O. The van der Waals surface area contributed by atoms with E-state index in [4.69, 9.17) is 4.74 Å². The molecule has 11 heteroatoms. The molecule has 0 aliphatic carbocycles. The zero-order valence-electron chi connectivity index (χ0n) is 23.6. The Balaban J connectivity index is 1.68. The Kier molecular flexibility index (Phi) is 11.1. The number of ketones is 2. The van der Waals surface area contributed by atoms with Gasteiger partial charge in [-0.15, -0.1) is 0 Å². The quantitative estimate of drug-likeness (QED) is 0.300. The molecule has 1 aliphatic rings. The molecule has 0 radical (unpaired) electrons. The van der Waals surface area contributed by atoms with E-state index in [1.54, 1.807) is 6.20 Å². The third-order valence-electron chi connectivity index (χ3n) is 6.86. The standard InChI is InChI=1S/C29H39N5O6/c1-18(2)12-24(25(35)13-21-16-34-31-15-22(33-34)10-11-30-29(39)27(21)37)32-28(38)23(19(3)4)14-26(36)40-17-20-8-6-5-7-9-20/h5-9,15,18-19,21,23-24H,10-14,16-17H2,1-4H3,(H,30,39)(H,32,38). The lowest BCUT2D eigenvalue weighted by molar-refractivity contribution is -0.149. The van der Waals surface area contributed by atoms with Crippen molar-refractivity contribution in [3.05, 3.63) is 47.8 Å². The highest BCUT2D eigenvalue weighted by Gasteiger charge is 2.34. The molecule has 2 amide bonds. The molecule has 3 atom stereocenters. The van der Waals surface area contributed by atoms with Crippen LogP contribution in [-0.4, -0.2) is 56.9 Å². The summed E-state index contributed by atoms with van der Waals surface area (Å²) in [5.41, 5.74) is 1.51. The number of aromatic nitrogens is 3. The third-order valence-corrected chi connectivity index (χ3v) is 6.86. The zero-order valence-corrected chi connectivity index (χ0v) is 23.6. The summed E-state index contributed by atoms with van der Waals surface area (Å²) in [4.78, 5) is 66.0. The van der Waals surface area contributed by atoms with Crippen molar-refractivity contribution in [2.24, 2.45) is 23.7 Å². The van der Waals surface area contributed by atoms with Crippen LogP contribution in [0.15, 0.2) is 36.5 Å². The Morgan fingerprint density at radius 1 is 1.12 bits per heavy atom. The van der Waals surface area contributed by atoms with Gasteiger partial charge >= 0.3 is 5.97 Å². The number of hydrogen-bond acceptors (Lipinski definition) is 8. The van der Waals surface area contributed by atoms with Crippen LogP contribution < -0.4 is 10.6 Å². The fraction of sp³-hybridized carbons (Fsp3) is 0.552. The molecule has 1 aromatic carbocycles. The van der Waals surface area contributed by atoms with Crippen LogP contribution in [0, 0.1) is 23.7 Å². The molecule has 0 saturated carbocycles. The molecule has 2 aromatic rings. The molecule has 1 aliphatic heterocycles. The maximum absolute atomic E-state index is 13.5. The molecule has 0 fully saturated rings. The molecule has 11 nitrogen and oxygen atoms in total. The first-order valence-corrected chi connectivity index (χ1v) is 13.8. The molecular weight excluding hydrogens is 514 g/mol. The van der Waals surface area contributed by atoms with Crippen molar-refractivity contribution in [2.45, 2.75) is 72.6 Å². The summed E-state index contributed by atoms with van der Waals surface area (Å²) < 4.78 is 5.38. The Hall–Kier alpha value is -3.89. The van der Waals surface area contributed by atoms with Gasteiger partial charge in [-0.1, -0.05) is 58.0 Å². The van der Waals surface area contributed by atoms with E-state index >= 15 is 0 Å². The molecule has 216 valence electrons. The van der Waals surface area contributed by atoms with Crippen LogP contribution in [0.3, 0.4) is 0 Å². The number of rotatable bonds is 12. The average molecular weight is 554 g/mol. The lowest BCUT2D eigenvalue weighted by Crippen LogP contribution is -2.47. The van der Waals surface area contributed by atoms with Crippen LogP contribution in [-0.2, 0) is 48.3 Å². The smallest absolute Gasteiger partial charge is 0.306 e. The van der Waals surface area contributed by atoms with Crippen molar-refractivity contribution < 1.29 is 28.7 Å². The van der Waals surface area contributed by atoms with E-state index in [9.17, 15) is 24.0 Å². The molecule has 0 spiro atoms. The minimum Gasteiger partial charge on any atom is -0.461 e. The predicted molar refractivity (Wildman–Crippen MR) is 145 cm³/mol. The zero-order chi connectivity index (χ0) is 29.2. The van der Waals surface area contributed by atoms with Gasteiger partial charge in [-0.25, -0.2) is 0 Å². The number of fused-ring (bicyclic) bond motifs is 2. The molecule has 2 heterocycles. The van der Waals surface area contributed by atoms with E-state index in [0.717, 1.165) is 5.56 Å². The number of benzene rings is 1. The highest BCUT2D eigenvalue weighted by molar-refractivity contribution is 6.37. The Morgan fingerprint density at radius 3 is 2.52 bits per heavy atom. The lowest BCUT2D eigenvalue weighted by atomic mass is 9.88. The third kappa shape index (κ3) is 9.10. The maximum atomic E-state index is 13.5. The molecule has 40 heavy (non-hydrogen) atoms. The van der Waals surface area contributed by atoms with Gasteiger partial charge in [-0.2, -0.15) is 15.0 Å². The van der Waals surface area contributed by atoms with Crippen molar-refractivity contribution >= 4 is 29.4 Å². The minimum atomic E-state index is -0.980. The molecule has 0 saturated heterocycles. The number of nitrogens with one attached hydrogen (secondary N) is 2. The monoisotopic (exact) mass is 553 g/mol. The highest BCUT2D eigenvalue weighted by atomic mass is 16.5. The van der Waals surface area contributed by atoms with Gasteiger partial charge in [0.05, 0.1) is 42.7 Å². The second-order valence-electron chi connectivity index (χ2n) is 11.0. The van der Waals surface area contributed by atoms with E-state index < -0.39 is 41.4 Å². The Bertz CT molecular complexity index is 1190. The summed E-state index contributed by atoms with van der Waals surface area (Å²) in [5.74, 6) is -4.60. The van der Waals surface area contributed by atoms with E-state index in [0.29, 0.717) is 18.5 Å². The maximum Gasteiger partial charge on any atom is 0.306 e. The fourth-order valence-electron chi connectivity index (χ4n) is 4.56. The van der Waals surface area contributed by atoms with Crippen LogP contribution in [0.1, 0.15) is 58.2 Å². The van der Waals surface area contributed by atoms with E-state index in [1.165, 1.54) is 4.80 Å². The number of carbonyl (C=O) groups is 5. The van der Waals surface area contributed by atoms with Crippen molar-refractivity contribution in [3.63, 3.8) is 0 Å². The van der Waals surface area contributed by atoms with Crippen molar-refractivity contribution in [1.29, 1.82) is 0 Å². The van der Waals surface area contributed by atoms with Crippen LogP contribution >= 0.6 is 0 Å². The van der Waals surface area contributed by atoms with Gasteiger partial charge in [-0.3, -0.25) is 24.0 Å². The van der Waals surface area contributed by atoms with Gasteiger partial charge < -0.3 is 15.4 Å². The number of carbonyl (C=O) groups excluding carboxylic acids is 5. The molecule has 2 N–H and O–H groups in total. The number of amides is 2. The van der Waals surface area contributed by atoms with E-state index in [2.05, 4.69) is 20.8 Å². The average Bonchev–Trinajstić information content (AvgIpc) is 3.35. The summed E-state index contributed by atoms with van der Waals surface area (Å²) in [6, 6.07) is 8.37. The van der Waals surface area contributed by atoms with Crippen molar-refractivity contribution in [1.82, 2.24) is 25.6 Å². The van der Waals surface area contributed by atoms with Crippen LogP contribution in [0.25, 0.3) is 0 Å². The van der Waals surface area contributed by atoms with Crippen molar-refractivity contribution in [2.75, 3.05) is 6.54 Å². The number of ether oxygens (including phenoxy) is 1. The minimum absolute atomic E-state index is 0.0256. The molecule has 3 unspecified atom stereocenters. The molecule has 2 bridgehead atoms. The lowest BCUT2D eigenvalue weighted by Gasteiger charge is -2.26. The van der Waals surface area contributed by atoms with Gasteiger partial charge in [0, 0.05) is 19.4 Å². The van der Waals surface area contributed by atoms with Gasteiger partial charge in [0.1, 0.15) is 6.61 Å². The van der Waals surface area contributed by atoms with Gasteiger partial charge in [0.25, 0.3) is 5.91 Å². The molecular formula is C29H39N5O6. The van der Waals surface area contributed by atoms with Gasteiger partial charge in [0.2, 0.25) is 11.7 Å². The Morgan fingerprint density at radius 2 is 1.85 bits per heavy atom. The number of esters is 1. The second kappa shape index (κ2) is 14.5. The molecule has 3 rings (SSSR count). The first kappa shape index (κ1) is 30.6. The summed E-state index contributed by atoms with van der Waals surface area (Å²) in [5, 5.41) is 13.9. The van der Waals surface area contributed by atoms with Crippen LogP contribution in [0.2, 0.25) is 0 Å². The fourth-order valence-corrected chi connectivity index (χ4v) is 4.56. The number of hydrogen-bond donors (Lipinski definition) is 2. The van der Waals surface area contributed by atoms with E-state index in [-0.39, 0.29) is 50.2 Å². The first-order chi connectivity index (χ1) is 19.0. The highest BCUT2D eigenvalue weighted by Crippen LogP contribution is 2.20. The summed E-state index contributed by atoms with van der Waals surface area (Å²) >= 11 is 0. The largest absolute Gasteiger partial charge is 0.461 e.